The number of rotatable bonds is 4. The molecule has 4 aliphatic carbocycles. The van der Waals surface area contributed by atoms with Gasteiger partial charge in [0.2, 0.25) is 5.91 Å². The van der Waals surface area contributed by atoms with Crippen LogP contribution in [0.4, 0.5) is 0 Å². The van der Waals surface area contributed by atoms with Crippen LogP contribution >= 0.6 is 0 Å². The Morgan fingerprint density at radius 1 is 1.15 bits per heavy atom. The highest BCUT2D eigenvalue weighted by molar-refractivity contribution is 5.76. The molecule has 4 saturated carbocycles. The average molecular weight is 273 g/mol. The lowest BCUT2D eigenvalue weighted by Gasteiger charge is -2.54. The zero-order chi connectivity index (χ0) is 13.5. The van der Waals surface area contributed by atoms with Crippen LogP contribution in [0.15, 0.2) is 22.8 Å². The predicted molar refractivity (Wildman–Crippen MR) is 76.0 cm³/mol. The second-order valence-corrected chi connectivity index (χ2v) is 7.10. The van der Waals surface area contributed by atoms with E-state index in [0.29, 0.717) is 18.9 Å². The van der Waals surface area contributed by atoms with Crippen molar-refractivity contribution in [3.8, 4) is 0 Å². The van der Waals surface area contributed by atoms with Gasteiger partial charge in [-0.05, 0) is 67.9 Å². The molecule has 4 aliphatic rings. The number of amides is 1. The number of hydrogen-bond acceptors (Lipinski definition) is 2. The molecular weight excluding hydrogens is 250 g/mol. The zero-order valence-corrected chi connectivity index (χ0v) is 11.9. The molecule has 0 saturated heterocycles. The Kier molecular flexibility index (Phi) is 3.08. The van der Waals surface area contributed by atoms with Crippen LogP contribution in [0.2, 0.25) is 0 Å². The van der Waals surface area contributed by atoms with Gasteiger partial charge < -0.3 is 9.73 Å². The maximum absolute atomic E-state index is 12.2. The van der Waals surface area contributed by atoms with Crippen molar-refractivity contribution in [3.05, 3.63) is 24.2 Å². The molecule has 1 aromatic heterocycles. The molecule has 3 nitrogen and oxygen atoms in total. The predicted octanol–water partition coefficient (Wildman–Crippen LogP) is 3.15. The second-order valence-electron chi connectivity index (χ2n) is 7.10. The van der Waals surface area contributed by atoms with Crippen LogP contribution in [0, 0.1) is 23.7 Å². The van der Waals surface area contributed by atoms with Crippen molar-refractivity contribution in [3.63, 3.8) is 0 Å². The van der Waals surface area contributed by atoms with Gasteiger partial charge in [0.05, 0.1) is 6.26 Å². The van der Waals surface area contributed by atoms with Crippen molar-refractivity contribution < 1.29 is 9.21 Å². The van der Waals surface area contributed by atoms with E-state index in [1.165, 1.54) is 32.1 Å². The number of nitrogens with one attached hydrogen (secondary N) is 1. The first kappa shape index (κ1) is 12.5. The Hall–Kier alpha value is -1.25. The van der Waals surface area contributed by atoms with Crippen molar-refractivity contribution in [1.29, 1.82) is 0 Å². The molecule has 0 spiro atoms. The van der Waals surface area contributed by atoms with Crippen molar-refractivity contribution in [2.75, 3.05) is 0 Å². The average Bonchev–Trinajstić information content (AvgIpc) is 2.93. The first-order valence-corrected chi connectivity index (χ1v) is 8.09. The van der Waals surface area contributed by atoms with E-state index in [-0.39, 0.29) is 5.91 Å². The van der Waals surface area contributed by atoms with Crippen LogP contribution < -0.4 is 5.32 Å². The van der Waals surface area contributed by atoms with E-state index in [1.807, 2.05) is 12.1 Å². The van der Waals surface area contributed by atoms with Gasteiger partial charge in [-0.1, -0.05) is 0 Å². The van der Waals surface area contributed by atoms with Gasteiger partial charge in [0.25, 0.3) is 0 Å². The minimum absolute atomic E-state index is 0.207. The minimum atomic E-state index is 0.207. The van der Waals surface area contributed by atoms with Gasteiger partial charge in [-0.25, -0.2) is 0 Å². The summed E-state index contributed by atoms with van der Waals surface area (Å²) in [6.45, 7) is 0. The topological polar surface area (TPSA) is 42.2 Å². The standard InChI is InChI=1S/C17H23NO2/c19-16(4-3-15-2-1-5-20-15)18-17-13-7-11-6-12(9-13)10-14(17)8-11/h1-2,5,11-14,17H,3-4,6-10H2,(H,18,19). The third-order valence-corrected chi connectivity index (χ3v) is 5.73. The summed E-state index contributed by atoms with van der Waals surface area (Å²) in [7, 11) is 0. The third-order valence-electron chi connectivity index (χ3n) is 5.73. The molecule has 1 heterocycles. The van der Waals surface area contributed by atoms with E-state index in [9.17, 15) is 4.79 Å². The molecule has 1 N–H and O–H groups in total. The molecule has 4 fully saturated rings. The first-order chi connectivity index (χ1) is 9.78. The summed E-state index contributed by atoms with van der Waals surface area (Å²) in [6, 6.07) is 4.29. The SMILES string of the molecule is O=C(CCc1ccco1)NC1C2CC3CC(C2)CC1C3. The van der Waals surface area contributed by atoms with Gasteiger partial charge in [-0.15, -0.1) is 0 Å². The number of aryl methyl sites for hydroxylation is 1. The van der Waals surface area contributed by atoms with E-state index in [0.717, 1.165) is 29.4 Å². The van der Waals surface area contributed by atoms with Crippen LogP contribution in [0.25, 0.3) is 0 Å². The maximum Gasteiger partial charge on any atom is 0.220 e. The van der Waals surface area contributed by atoms with E-state index < -0.39 is 0 Å². The molecule has 1 amide bonds. The molecule has 0 unspecified atom stereocenters. The Balaban J connectivity index is 1.33. The fourth-order valence-corrected chi connectivity index (χ4v) is 5.11. The van der Waals surface area contributed by atoms with E-state index >= 15 is 0 Å². The Morgan fingerprint density at radius 3 is 2.45 bits per heavy atom. The van der Waals surface area contributed by atoms with Gasteiger partial charge in [0, 0.05) is 18.9 Å². The summed E-state index contributed by atoms with van der Waals surface area (Å²) in [5.74, 6) is 4.57. The quantitative estimate of drug-likeness (QED) is 0.915. The molecule has 108 valence electrons. The molecule has 20 heavy (non-hydrogen) atoms. The highest BCUT2D eigenvalue weighted by Crippen LogP contribution is 2.53. The number of furan rings is 1. The van der Waals surface area contributed by atoms with E-state index in [1.54, 1.807) is 6.26 Å². The normalized spacial score (nSPS) is 38.1. The summed E-state index contributed by atoms with van der Waals surface area (Å²) >= 11 is 0. The second kappa shape index (κ2) is 4.94. The Bertz CT molecular complexity index is 451. The largest absolute Gasteiger partial charge is 0.469 e. The molecule has 1 aromatic rings. The number of hydrogen-bond donors (Lipinski definition) is 1. The highest BCUT2D eigenvalue weighted by atomic mass is 16.3. The van der Waals surface area contributed by atoms with Crippen molar-refractivity contribution >= 4 is 5.91 Å². The lowest BCUT2D eigenvalue weighted by Crippen LogP contribution is -2.55. The zero-order valence-electron chi connectivity index (χ0n) is 11.9. The molecule has 0 aliphatic heterocycles. The van der Waals surface area contributed by atoms with Gasteiger partial charge in [-0.2, -0.15) is 0 Å². The highest BCUT2D eigenvalue weighted by Gasteiger charge is 2.48. The van der Waals surface area contributed by atoms with Crippen LogP contribution in [0.3, 0.4) is 0 Å². The smallest absolute Gasteiger partial charge is 0.220 e. The molecule has 0 radical (unpaired) electrons. The van der Waals surface area contributed by atoms with E-state index in [4.69, 9.17) is 4.42 Å². The summed E-state index contributed by atoms with van der Waals surface area (Å²) in [5, 5.41) is 3.34. The summed E-state index contributed by atoms with van der Waals surface area (Å²) < 4.78 is 5.29. The summed E-state index contributed by atoms with van der Waals surface area (Å²) in [4.78, 5) is 12.2. The fraction of sp³-hybridized carbons (Fsp3) is 0.706. The van der Waals surface area contributed by atoms with Gasteiger partial charge in [0.15, 0.2) is 0 Å². The molecule has 0 aromatic carbocycles. The summed E-state index contributed by atoms with van der Waals surface area (Å²) in [5.41, 5.74) is 0. The number of carbonyl (C=O) groups is 1. The molecule has 5 rings (SSSR count). The van der Waals surface area contributed by atoms with Crippen LogP contribution in [0.1, 0.15) is 44.3 Å². The molecular formula is C17H23NO2. The van der Waals surface area contributed by atoms with Crippen LogP contribution in [0.5, 0.6) is 0 Å². The van der Waals surface area contributed by atoms with Crippen molar-refractivity contribution in [2.24, 2.45) is 23.7 Å². The fourth-order valence-electron chi connectivity index (χ4n) is 5.11. The monoisotopic (exact) mass is 273 g/mol. The van der Waals surface area contributed by atoms with Crippen LogP contribution in [-0.4, -0.2) is 11.9 Å². The summed E-state index contributed by atoms with van der Waals surface area (Å²) in [6.07, 6.45) is 9.83. The number of carbonyl (C=O) groups excluding carboxylic acids is 1. The molecule has 4 bridgehead atoms. The minimum Gasteiger partial charge on any atom is -0.469 e. The van der Waals surface area contributed by atoms with Crippen LogP contribution in [-0.2, 0) is 11.2 Å². The van der Waals surface area contributed by atoms with Gasteiger partial charge in [-0.3, -0.25) is 4.79 Å². The van der Waals surface area contributed by atoms with E-state index in [2.05, 4.69) is 5.32 Å². The van der Waals surface area contributed by atoms with Gasteiger partial charge in [0.1, 0.15) is 5.76 Å². The molecule has 3 heteroatoms. The van der Waals surface area contributed by atoms with Crippen molar-refractivity contribution in [2.45, 2.75) is 51.0 Å². The Morgan fingerprint density at radius 2 is 1.85 bits per heavy atom. The van der Waals surface area contributed by atoms with Crippen molar-refractivity contribution in [1.82, 2.24) is 5.32 Å². The Labute approximate surface area is 120 Å². The lowest BCUT2D eigenvalue weighted by molar-refractivity contribution is -0.125. The third kappa shape index (κ3) is 2.27. The molecule has 0 atom stereocenters. The maximum atomic E-state index is 12.2. The lowest BCUT2D eigenvalue weighted by atomic mass is 9.54. The first-order valence-electron chi connectivity index (χ1n) is 8.09. The van der Waals surface area contributed by atoms with Gasteiger partial charge >= 0.3 is 0 Å².